The quantitative estimate of drug-likeness (QED) is 0.799. The molecule has 144 valence electrons. The van der Waals surface area contributed by atoms with Gasteiger partial charge in [-0.2, -0.15) is 9.29 Å². The number of piperazine rings is 1. The van der Waals surface area contributed by atoms with Crippen LogP contribution in [0.5, 0.6) is 0 Å². The molecule has 0 spiro atoms. The molecule has 1 aromatic carbocycles. The van der Waals surface area contributed by atoms with E-state index in [9.17, 15) is 8.42 Å². The van der Waals surface area contributed by atoms with Crippen LogP contribution in [0, 0.1) is 0 Å². The molecule has 0 radical (unpaired) electrons. The molecule has 7 nitrogen and oxygen atoms in total. The molecule has 2 aliphatic heterocycles. The van der Waals surface area contributed by atoms with Crippen LogP contribution in [0.25, 0.3) is 0 Å². The molecule has 0 aliphatic carbocycles. The summed E-state index contributed by atoms with van der Waals surface area (Å²) in [5.74, 6) is 1.66. The normalized spacial score (nSPS) is 19.3. The van der Waals surface area contributed by atoms with Crippen LogP contribution in [0.4, 0.5) is 11.8 Å². The maximum Gasteiger partial charge on any atom is 0.243 e. The van der Waals surface area contributed by atoms with Crippen LogP contribution >= 0.6 is 0 Å². The molecule has 0 unspecified atom stereocenters. The number of hydrogen-bond donors (Lipinski definition) is 0. The number of sulfonamides is 1. The Balaban J connectivity index is 1.44. The van der Waals surface area contributed by atoms with Crippen LogP contribution in [-0.2, 0) is 10.0 Å². The maximum atomic E-state index is 12.8. The van der Waals surface area contributed by atoms with Gasteiger partial charge in [-0.25, -0.2) is 13.4 Å². The van der Waals surface area contributed by atoms with Crippen LogP contribution in [0.2, 0.25) is 0 Å². The Morgan fingerprint density at radius 3 is 2.19 bits per heavy atom. The Bertz CT molecular complexity index is 861. The van der Waals surface area contributed by atoms with Crippen molar-refractivity contribution in [2.45, 2.75) is 24.2 Å². The van der Waals surface area contributed by atoms with E-state index in [-0.39, 0.29) is 0 Å². The van der Waals surface area contributed by atoms with Crippen LogP contribution in [-0.4, -0.2) is 62.0 Å². The first-order valence-electron chi connectivity index (χ1n) is 9.53. The number of piperidine rings is 1. The van der Waals surface area contributed by atoms with Crippen molar-refractivity contribution in [1.82, 2.24) is 14.3 Å². The molecule has 0 saturated carbocycles. The minimum Gasteiger partial charge on any atom is -0.354 e. The van der Waals surface area contributed by atoms with Gasteiger partial charge in [0.25, 0.3) is 0 Å². The third-order valence-corrected chi connectivity index (χ3v) is 7.12. The van der Waals surface area contributed by atoms with E-state index in [1.807, 2.05) is 12.1 Å². The van der Waals surface area contributed by atoms with E-state index >= 15 is 0 Å². The molecule has 2 aliphatic rings. The first kappa shape index (κ1) is 18.2. The van der Waals surface area contributed by atoms with E-state index in [1.54, 1.807) is 34.8 Å². The number of aromatic nitrogens is 2. The number of benzene rings is 1. The molecular formula is C19H25N5O2S. The van der Waals surface area contributed by atoms with Gasteiger partial charge in [0.05, 0.1) is 4.90 Å². The zero-order valence-electron chi connectivity index (χ0n) is 15.4. The monoisotopic (exact) mass is 387 g/mol. The first-order chi connectivity index (χ1) is 13.1. The summed E-state index contributed by atoms with van der Waals surface area (Å²) in [6.45, 7) is 4.19. The molecule has 3 heterocycles. The fourth-order valence-corrected chi connectivity index (χ4v) is 5.10. The molecule has 0 amide bonds. The fourth-order valence-electron chi connectivity index (χ4n) is 3.66. The molecule has 8 heteroatoms. The Morgan fingerprint density at radius 1 is 0.778 bits per heavy atom. The van der Waals surface area contributed by atoms with Crippen molar-refractivity contribution < 1.29 is 8.42 Å². The number of rotatable bonds is 4. The van der Waals surface area contributed by atoms with Gasteiger partial charge < -0.3 is 9.80 Å². The van der Waals surface area contributed by atoms with Crippen LogP contribution in [0.3, 0.4) is 0 Å². The van der Waals surface area contributed by atoms with Crippen molar-refractivity contribution >= 4 is 21.8 Å². The Hall–Kier alpha value is -2.19. The van der Waals surface area contributed by atoms with Gasteiger partial charge in [0, 0.05) is 45.5 Å². The fraction of sp³-hybridized carbons (Fsp3) is 0.474. The minimum atomic E-state index is -3.43. The SMILES string of the molecule is O=S(=O)(c1ccccc1)N1CCN(c2ccnc(N3CCCCC3)n2)CC1. The maximum absolute atomic E-state index is 12.8. The lowest BCUT2D eigenvalue weighted by Gasteiger charge is -2.35. The van der Waals surface area contributed by atoms with Crippen LogP contribution in [0.15, 0.2) is 47.5 Å². The second-order valence-corrected chi connectivity index (χ2v) is 8.90. The summed E-state index contributed by atoms with van der Waals surface area (Å²) < 4.78 is 27.1. The van der Waals surface area contributed by atoms with E-state index in [0.717, 1.165) is 24.9 Å². The predicted octanol–water partition coefficient (Wildman–Crippen LogP) is 1.98. The highest BCUT2D eigenvalue weighted by molar-refractivity contribution is 7.89. The molecule has 2 saturated heterocycles. The van der Waals surface area contributed by atoms with Crippen molar-refractivity contribution in [3.05, 3.63) is 42.6 Å². The molecule has 0 bridgehead atoms. The van der Waals surface area contributed by atoms with E-state index in [0.29, 0.717) is 31.1 Å². The van der Waals surface area contributed by atoms with Gasteiger partial charge >= 0.3 is 0 Å². The topological polar surface area (TPSA) is 69.6 Å². The largest absolute Gasteiger partial charge is 0.354 e. The van der Waals surface area contributed by atoms with Gasteiger partial charge in [0.15, 0.2) is 0 Å². The molecule has 0 atom stereocenters. The molecule has 2 fully saturated rings. The van der Waals surface area contributed by atoms with Crippen molar-refractivity contribution in [2.75, 3.05) is 49.1 Å². The third-order valence-electron chi connectivity index (χ3n) is 5.21. The Labute approximate surface area is 160 Å². The van der Waals surface area contributed by atoms with Gasteiger partial charge in [-0.1, -0.05) is 18.2 Å². The van der Waals surface area contributed by atoms with Crippen molar-refractivity contribution in [2.24, 2.45) is 0 Å². The highest BCUT2D eigenvalue weighted by Gasteiger charge is 2.29. The number of anilines is 2. The van der Waals surface area contributed by atoms with E-state index < -0.39 is 10.0 Å². The number of hydrogen-bond acceptors (Lipinski definition) is 6. The lowest BCUT2D eigenvalue weighted by molar-refractivity contribution is 0.383. The third kappa shape index (κ3) is 3.91. The van der Waals surface area contributed by atoms with Gasteiger partial charge in [-0.15, -0.1) is 0 Å². The van der Waals surface area contributed by atoms with E-state index in [1.165, 1.54) is 19.3 Å². The summed E-state index contributed by atoms with van der Waals surface area (Å²) >= 11 is 0. The Kier molecular flexibility index (Phi) is 5.27. The summed E-state index contributed by atoms with van der Waals surface area (Å²) in [5.41, 5.74) is 0. The molecule has 0 N–H and O–H groups in total. The van der Waals surface area contributed by atoms with Gasteiger partial charge in [0.2, 0.25) is 16.0 Å². The molecule has 2 aromatic rings. The molecular weight excluding hydrogens is 362 g/mol. The predicted molar refractivity (Wildman–Crippen MR) is 106 cm³/mol. The van der Waals surface area contributed by atoms with E-state index in [4.69, 9.17) is 4.98 Å². The van der Waals surface area contributed by atoms with Crippen molar-refractivity contribution in [1.29, 1.82) is 0 Å². The molecule has 27 heavy (non-hydrogen) atoms. The van der Waals surface area contributed by atoms with Crippen molar-refractivity contribution in [3.8, 4) is 0 Å². The second-order valence-electron chi connectivity index (χ2n) is 6.97. The lowest BCUT2D eigenvalue weighted by atomic mass is 10.1. The van der Waals surface area contributed by atoms with Gasteiger partial charge in [-0.05, 0) is 37.5 Å². The minimum absolute atomic E-state index is 0.355. The van der Waals surface area contributed by atoms with Gasteiger partial charge in [0.1, 0.15) is 5.82 Å². The van der Waals surface area contributed by atoms with Gasteiger partial charge in [-0.3, -0.25) is 0 Å². The zero-order valence-corrected chi connectivity index (χ0v) is 16.2. The average molecular weight is 388 g/mol. The molecule has 4 rings (SSSR count). The summed E-state index contributed by atoms with van der Waals surface area (Å²) in [4.78, 5) is 13.9. The number of nitrogens with zero attached hydrogens (tertiary/aromatic N) is 5. The Morgan fingerprint density at radius 2 is 1.48 bits per heavy atom. The average Bonchev–Trinajstić information content (AvgIpc) is 2.75. The standard InChI is InChI=1S/C19H25N5O2S/c25-27(26,17-7-3-1-4-8-17)24-15-13-22(14-16-24)18-9-10-20-19(21-18)23-11-5-2-6-12-23/h1,3-4,7-10H,2,5-6,11-16H2. The summed E-state index contributed by atoms with van der Waals surface area (Å²) in [6.07, 6.45) is 5.45. The highest BCUT2D eigenvalue weighted by atomic mass is 32.2. The summed E-state index contributed by atoms with van der Waals surface area (Å²) in [5, 5.41) is 0. The van der Waals surface area contributed by atoms with Crippen LogP contribution < -0.4 is 9.80 Å². The molecule has 1 aromatic heterocycles. The first-order valence-corrected chi connectivity index (χ1v) is 11.0. The summed E-state index contributed by atoms with van der Waals surface area (Å²) in [6, 6.07) is 10.5. The second kappa shape index (κ2) is 7.82. The zero-order chi connectivity index (χ0) is 18.7. The highest BCUT2D eigenvalue weighted by Crippen LogP contribution is 2.22. The lowest BCUT2D eigenvalue weighted by Crippen LogP contribution is -2.49. The smallest absolute Gasteiger partial charge is 0.243 e. The van der Waals surface area contributed by atoms with Crippen LogP contribution in [0.1, 0.15) is 19.3 Å². The summed E-state index contributed by atoms with van der Waals surface area (Å²) in [7, 11) is -3.43. The van der Waals surface area contributed by atoms with Crippen molar-refractivity contribution in [3.63, 3.8) is 0 Å². The van der Waals surface area contributed by atoms with E-state index in [2.05, 4.69) is 14.8 Å².